The molecule has 8 rings (SSSR count). The molecule has 0 fully saturated rings. The zero-order valence-electron chi connectivity index (χ0n) is 30.3. The van der Waals surface area contributed by atoms with Crippen LogP contribution in [0.2, 0.25) is 0 Å². The first-order chi connectivity index (χ1) is 24.5. The molecule has 0 aliphatic carbocycles. The normalized spacial score (nSPS) is 12.4. The van der Waals surface area contributed by atoms with Gasteiger partial charge in [0.2, 0.25) is 0 Å². The van der Waals surface area contributed by atoms with Gasteiger partial charge >= 0.3 is 0 Å². The van der Waals surface area contributed by atoms with Crippen molar-refractivity contribution in [1.82, 2.24) is 24.7 Å². The van der Waals surface area contributed by atoms with E-state index in [2.05, 4.69) is 89.9 Å². The Balaban J connectivity index is 0.000000218. The standard InChI is InChI=1S/C29H25N4O.C12H9FN.Ir/c1-17(2)19-10-7-11-20(18(3)4)26(19)33-28(31-24-15-16-30-32-29(24)33)23-13-8-12-22-21-9-5-6-14-25(21)34-27(22)23;1-9-2-7-12(14-8-9)10-3-5-11(13)6-4-10;/h5-12,14-18H,1-4H3;2-3,5-8H,1H3;/q2*-1;/i;1D3;. The summed E-state index contributed by atoms with van der Waals surface area (Å²) in [5.41, 5.74) is 8.96. The molecule has 0 saturated heterocycles. The van der Waals surface area contributed by atoms with E-state index in [1.807, 2.05) is 30.3 Å². The molecular formula is C41H34FIrN5O-2. The molecule has 0 unspecified atom stereocenters. The van der Waals surface area contributed by atoms with Crippen LogP contribution in [0, 0.1) is 24.8 Å². The molecular weight excluding hydrogens is 790 g/mol. The van der Waals surface area contributed by atoms with Gasteiger partial charge in [0.25, 0.3) is 0 Å². The topological polar surface area (TPSA) is 69.6 Å². The van der Waals surface area contributed by atoms with Gasteiger partial charge in [0.05, 0.1) is 17.6 Å². The summed E-state index contributed by atoms with van der Waals surface area (Å²) in [4.78, 5) is 9.08. The molecule has 0 spiro atoms. The van der Waals surface area contributed by atoms with Gasteiger partial charge in [0.15, 0.2) is 5.65 Å². The number of pyridine rings is 1. The summed E-state index contributed by atoms with van der Waals surface area (Å²) in [6, 6.07) is 33.9. The van der Waals surface area contributed by atoms with Gasteiger partial charge in [-0.25, -0.2) is 0 Å². The molecule has 1 radical (unpaired) electrons. The Kier molecular flexibility index (Phi) is 8.71. The van der Waals surface area contributed by atoms with E-state index in [4.69, 9.17) is 13.5 Å². The van der Waals surface area contributed by atoms with Crippen molar-refractivity contribution in [3.8, 4) is 28.3 Å². The predicted molar refractivity (Wildman–Crippen MR) is 190 cm³/mol. The Morgan fingerprint density at radius 1 is 0.857 bits per heavy atom. The minimum atomic E-state index is -2.15. The van der Waals surface area contributed by atoms with Crippen LogP contribution in [-0.4, -0.2) is 24.7 Å². The van der Waals surface area contributed by atoms with Crippen LogP contribution >= 0.6 is 0 Å². The zero-order valence-corrected chi connectivity index (χ0v) is 29.7. The molecule has 6 nitrogen and oxygen atoms in total. The minimum absolute atomic E-state index is 0. The fourth-order valence-corrected chi connectivity index (χ4v) is 5.95. The third-order valence-electron chi connectivity index (χ3n) is 8.27. The first-order valence-corrected chi connectivity index (χ1v) is 15.8. The van der Waals surface area contributed by atoms with Crippen molar-refractivity contribution in [2.45, 2.75) is 46.4 Å². The van der Waals surface area contributed by atoms with Crippen LogP contribution in [0.5, 0.6) is 0 Å². The number of halogens is 1. The molecule has 247 valence electrons. The molecule has 4 aromatic carbocycles. The van der Waals surface area contributed by atoms with E-state index in [0.29, 0.717) is 23.1 Å². The van der Waals surface area contributed by atoms with E-state index in [-0.39, 0.29) is 31.5 Å². The zero-order chi connectivity index (χ0) is 35.9. The number of fused-ring (bicyclic) bond motifs is 4. The third kappa shape index (κ3) is 6.54. The number of furan rings is 1. The smallest absolute Gasteiger partial charge is 0.178 e. The van der Waals surface area contributed by atoms with E-state index in [9.17, 15) is 4.39 Å². The molecule has 0 amide bonds. The third-order valence-corrected chi connectivity index (χ3v) is 8.27. The van der Waals surface area contributed by atoms with Gasteiger partial charge < -0.3 is 14.0 Å². The summed E-state index contributed by atoms with van der Waals surface area (Å²) in [7, 11) is 0. The van der Waals surface area contributed by atoms with Crippen LogP contribution < -0.4 is 0 Å². The van der Waals surface area contributed by atoms with Crippen molar-refractivity contribution in [2.24, 2.45) is 0 Å². The molecule has 0 bridgehead atoms. The van der Waals surface area contributed by atoms with Gasteiger partial charge in [0, 0.05) is 47.3 Å². The molecule has 4 heterocycles. The van der Waals surface area contributed by atoms with Crippen molar-refractivity contribution >= 4 is 33.1 Å². The van der Waals surface area contributed by atoms with Crippen LogP contribution in [0.1, 0.15) is 60.3 Å². The Labute approximate surface area is 302 Å². The molecule has 0 aliphatic rings. The number of imidazole rings is 1. The first kappa shape index (κ1) is 30.0. The molecule has 4 aromatic heterocycles. The largest absolute Gasteiger partial charge is 0.501 e. The quantitative estimate of drug-likeness (QED) is 0.162. The molecule has 0 aliphatic heterocycles. The van der Waals surface area contributed by atoms with Crippen LogP contribution in [0.4, 0.5) is 4.39 Å². The Morgan fingerprint density at radius 2 is 1.65 bits per heavy atom. The van der Waals surface area contributed by atoms with Crippen molar-refractivity contribution in [1.29, 1.82) is 0 Å². The van der Waals surface area contributed by atoms with Gasteiger partial charge in [0.1, 0.15) is 11.1 Å². The number of aromatic nitrogens is 5. The second-order valence-electron chi connectivity index (χ2n) is 12.2. The number of nitrogens with zero attached hydrogens (tertiary/aromatic N) is 5. The molecule has 49 heavy (non-hydrogen) atoms. The second-order valence-corrected chi connectivity index (χ2v) is 12.2. The van der Waals surface area contributed by atoms with Gasteiger partial charge in [-0.2, -0.15) is 5.10 Å². The maximum absolute atomic E-state index is 12.7. The van der Waals surface area contributed by atoms with Crippen molar-refractivity contribution in [3.63, 3.8) is 0 Å². The summed E-state index contributed by atoms with van der Waals surface area (Å²) < 4.78 is 42.9. The first-order valence-electron chi connectivity index (χ1n) is 17.3. The predicted octanol–water partition coefficient (Wildman–Crippen LogP) is 10.4. The number of rotatable bonds is 5. The second kappa shape index (κ2) is 14.2. The van der Waals surface area contributed by atoms with Crippen molar-refractivity contribution in [3.05, 3.63) is 138 Å². The van der Waals surface area contributed by atoms with Crippen LogP contribution in [0.15, 0.2) is 108 Å². The van der Waals surface area contributed by atoms with Gasteiger partial charge in [-0.15, -0.1) is 53.1 Å². The molecule has 8 aromatic rings. The summed E-state index contributed by atoms with van der Waals surface area (Å²) in [6.07, 6.45) is 2.99. The van der Waals surface area contributed by atoms with Gasteiger partial charge in [-0.1, -0.05) is 87.2 Å². The summed E-state index contributed by atoms with van der Waals surface area (Å²) in [6.45, 7) is 6.73. The van der Waals surface area contributed by atoms with Crippen LogP contribution in [0.25, 0.3) is 61.4 Å². The Bertz CT molecular complexity index is 2460. The van der Waals surface area contributed by atoms with Crippen LogP contribution in [0.3, 0.4) is 0 Å². The van der Waals surface area contributed by atoms with E-state index < -0.39 is 6.85 Å². The summed E-state index contributed by atoms with van der Waals surface area (Å²) in [5.74, 6) is 1.03. The Hall–Kier alpha value is -5.04. The SMILES string of the molecule is CC(C)c1cccc(C(C)C)c1-n1c(-c2[c-]ccc3c2oc2ccccc23)nc2ccnnc21.[2H]C([2H])([2H])c1ccc(-c2[c-]cc(F)cc2)nc1.[Ir]. The minimum Gasteiger partial charge on any atom is -0.501 e. The summed E-state index contributed by atoms with van der Waals surface area (Å²) >= 11 is 0. The fraction of sp³-hybridized carbons (Fsp3) is 0.171. The van der Waals surface area contributed by atoms with Gasteiger partial charge in [-0.05, 0) is 53.2 Å². The molecule has 0 saturated carbocycles. The van der Waals surface area contributed by atoms with E-state index in [1.165, 1.54) is 35.5 Å². The average Bonchev–Trinajstić information content (AvgIpc) is 3.70. The van der Waals surface area contributed by atoms with Gasteiger partial charge in [-0.3, -0.25) is 9.37 Å². The number of aryl methyl sites for hydroxylation is 1. The Morgan fingerprint density at radius 3 is 2.35 bits per heavy atom. The maximum Gasteiger partial charge on any atom is 0.178 e. The number of hydrogen-bond acceptors (Lipinski definition) is 5. The van der Waals surface area contributed by atoms with Crippen molar-refractivity contribution in [2.75, 3.05) is 0 Å². The monoisotopic (exact) mass is 827 g/mol. The average molecular weight is 827 g/mol. The number of hydrogen-bond donors (Lipinski definition) is 0. The molecule has 0 atom stereocenters. The fourth-order valence-electron chi connectivity index (χ4n) is 5.95. The maximum atomic E-state index is 12.7. The number of benzene rings is 4. The van der Waals surface area contributed by atoms with E-state index in [1.54, 1.807) is 18.3 Å². The van der Waals surface area contributed by atoms with E-state index in [0.717, 1.165) is 50.2 Å². The number of para-hydroxylation sites is 2. The summed E-state index contributed by atoms with van der Waals surface area (Å²) in [5, 5.41) is 10.9. The van der Waals surface area contributed by atoms with E-state index >= 15 is 0 Å². The molecule has 0 N–H and O–H groups in total. The van der Waals surface area contributed by atoms with Crippen molar-refractivity contribution < 1.29 is 33.0 Å². The van der Waals surface area contributed by atoms with Crippen LogP contribution in [-0.2, 0) is 20.1 Å². The molecule has 8 heteroatoms.